The number of benzene rings is 2. The van der Waals surface area contributed by atoms with Gasteiger partial charge >= 0.3 is 0 Å². The molecule has 0 spiro atoms. The van der Waals surface area contributed by atoms with Gasteiger partial charge in [0, 0.05) is 5.02 Å². The van der Waals surface area contributed by atoms with Crippen LogP contribution in [0, 0.1) is 6.92 Å². The number of ether oxygens (including phenoxy) is 1. The minimum absolute atomic E-state index is 0.242. The number of aromatic nitrogens is 3. The highest BCUT2D eigenvalue weighted by Gasteiger charge is 2.18. The molecule has 0 aliphatic carbocycles. The molecule has 3 rings (SSSR count). The lowest BCUT2D eigenvalue weighted by molar-refractivity contribution is 0.102. The van der Waals surface area contributed by atoms with E-state index in [9.17, 15) is 4.79 Å². The van der Waals surface area contributed by atoms with E-state index in [0.29, 0.717) is 28.8 Å². The summed E-state index contributed by atoms with van der Waals surface area (Å²) in [5, 5.41) is 11.5. The Labute approximate surface area is 150 Å². The topological polar surface area (TPSA) is 69.0 Å². The average molecular weight is 357 g/mol. The molecule has 0 aliphatic rings. The van der Waals surface area contributed by atoms with E-state index in [1.54, 1.807) is 35.9 Å². The fraction of sp³-hybridized carbons (Fsp3) is 0.167. The van der Waals surface area contributed by atoms with E-state index in [1.807, 2.05) is 31.2 Å². The average Bonchev–Trinajstić information content (AvgIpc) is 2.98. The first-order chi connectivity index (χ1) is 12.1. The van der Waals surface area contributed by atoms with Gasteiger partial charge in [-0.2, -0.15) is 0 Å². The van der Waals surface area contributed by atoms with Gasteiger partial charge in [0.05, 0.1) is 23.7 Å². The van der Waals surface area contributed by atoms with E-state index in [4.69, 9.17) is 16.3 Å². The summed E-state index contributed by atoms with van der Waals surface area (Å²) in [5.74, 6) is 0.260. The van der Waals surface area contributed by atoms with Crippen molar-refractivity contribution < 1.29 is 9.53 Å². The number of hydrogen-bond donors (Lipinski definition) is 1. The summed E-state index contributed by atoms with van der Waals surface area (Å²) in [4.78, 5) is 12.6. The molecule has 0 bridgehead atoms. The summed E-state index contributed by atoms with van der Waals surface area (Å²) in [6.07, 6.45) is 0. The van der Waals surface area contributed by atoms with Crippen LogP contribution in [-0.4, -0.2) is 27.5 Å². The molecular formula is C18H17ClN4O2. The third-order valence-corrected chi connectivity index (χ3v) is 3.83. The molecule has 1 amide bonds. The summed E-state index contributed by atoms with van der Waals surface area (Å²) in [6, 6.07) is 14.4. The zero-order valence-corrected chi connectivity index (χ0v) is 14.6. The van der Waals surface area contributed by atoms with Gasteiger partial charge in [0.15, 0.2) is 5.69 Å². The van der Waals surface area contributed by atoms with E-state index in [2.05, 4.69) is 15.6 Å². The SMILES string of the molecule is CCOc1ccccc1NC(=O)c1nnn(-c2cccc(Cl)c2)c1C. The molecule has 3 aromatic rings. The van der Waals surface area contributed by atoms with Gasteiger partial charge in [-0.1, -0.05) is 35.0 Å². The number of halogens is 1. The van der Waals surface area contributed by atoms with E-state index in [0.717, 1.165) is 5.69 Å². The van der Waals surface area contributed by atoms with Crippen LogP contribution in [0.25, 0.3) is 5.69 Å². The molecule has 6 nitrogen and oxygen atoms in total. The minimum atomic E-state index is -0.349. The Bertz CT molecular complexity index is 908. The molecule has 1 heterocycles. The van der Waals surface area contributed by atoms with Crippen molar-refractivity contribution in [2.24, 2.45) is 0 Å². The largest absolute Gasteiger partial charge is 0.492 e. The number of carbonyl (C=O) groups excluding carboxylic acids is 1. The van der Waals surface area contributed by atoms with Crippen LogP contribution in [-0.2, 0) is 0 Å². The highest BCUT2D eigenvalue weighted by molar-refractivity contribution is 6.30. The van der Waals surface area contributed by atoms with Crippen molar-refractivity contribution in [3.05, 3.63) is 64.9 Å². The standard InChI is InChI=1S/C18H17ClN4O2/c1-3-25-16-10-5-4-9-15(16)20-18(24)17-12(2)23(22-21-17)14-8-6-7-13(19)11-14/h4-11H,3H2,1-2H3,(H,20,24). The quantitative estimate of drug-likeness (QED) is 0.753. The minimum Gasteiger partial charge on any atom is -0.492 e. The predicted octanol–water partition coefficient (Wildman–Crippen LogP) is 3.88. The summed E-state index contributed by atoms with van der Waals surface area (Å²) in [5.41, 5.74) is 2.19. The second kappa shape index (κ2) is 7.36. The van der Waals surface area contributed by atoms with Gasteiger partial charge < -0.3 is 10.1 Å². The highest BCUT2D eigenvalue weighted by atomic mass is 35.5. The zero-order valence-electron chi connectivity index (χ0n) is 13.9. The van der Waals surface area contributed by atoms with Crippen molar-refractivity contribution in [1.82, 2.24) is 15.0 Å². The number of hydrogen-bond acceptors (Lipinski definition) is 4. The summed E-state index contributed by atoms with van der Waals surface area (Å²) >= 11 is 6.02. The summed E-state index contributed by atoms with van der Waals surface area (Å²) in [6.45, 7) is 4.18. The number of nitrogens with zero attached hydrogens (tertiary/aromatic N) is 3. The molecule has 0 unspecified atom stereocenters. The van der Waals surface area contributed by atoms with E-state index in [-0.39, 0.29) is 11.6 Å². The van der Waals surface area contributed by atoms with Crippen LogP contribution >= 0.6 is 11.6 Å². The van der Waals surface area contributed by atoms with E-state index in [1.165, 1.54) is 0 Å². The molecule has 0 atom stereocenters. The fourth-order valence-electron chi connectivity index (χ4n) is 2.42. The van der Waals surface area contributed by atoms with Crippen LogP contribution in [0.3, 0.4) is 0 Å². The molecule has 128 valence electrons. The Morgan fingerprint density at radius 3 is 2.80 bits per heavy atom. The smallest absolute Gasteiger partial charge is 0.278 e. The Morgan fingerprint density at radius 1 is 1.24 bits per heavy atom. The van der Waals surface area contributed by atoms with Crippen molar-refractivity contribution in [3.63, 3.8) is 0 Å². The maximum Gasteiger partial charge on any atom is 0.278 e. The molecule has 25 heavy (non-hydrogen) atoms. The van der Waals surface area contributed by atoms with Crippen LogP contribution in [0.5, 0.6) is 5.75 Å². The van der Waals surface area contributed by atoms with Gasteiger partial charge in [-0.25, -0.2) is 4.68 Å². The Morgan fingerprint density at radius 2 is 2.04 bits per heavy atom. The predicted molar refractivity (Wildman–Crippen MR) is 96.7 cm³/mol. The van der Waals surface area contributed by atoms with Crippen LogP contribution in [0.1, 0.15) is 23.1 Å². The lowest BCUT2D eigenvalue weighted by Gasteiger charge is -2.10. The molecule has 1 N–H and O–H groups in total. The van der Waals surface area contributed by atoms with Crippen molar-refractivity contribution >= 4 is 23.2 Å². The summed E-state index contributed by atoms with van der Waals surface area (Å²) < 4.78 is 7.10. The molecule has 2 aromatic carbocycles. The van der Waals surface area contributed by atoms with E-state index < -0.39 is 0 Å². The molecule has 0 fully saturated rings. The number of anilines is 1. The molecule has 0 saturated heterocycles. The van der Waals surface area contributed by atoms with Crippen LogP contribution in [0.4, 0.5) is 5.69 Å². The van der Waals surface area contributed by atoms with Gasteiger partial charge in [0.1, 0.15) is 5.75 Å². The highest BCUT2D eigenvalue weighted by Crippen LogP contribution is 2.24. The van der Waals surface area contributed by atoms with E-state index >= 15 is 0 Å². The molecule has 0 aliphatic heterocycles. The van der Waals surface area contributed by atoms with Crippen molar-refractivity contribution in [1.29, 1.82) is 0 Å². The number of carbonyl (C=O) groups is 1. The number of nitrogens with one attached hydrogen (secondary N) is 1. The van der Waals surface area contributed by atoms with Crippen LogP contribution in [0.2, 0.25) is 5.02 Å². The van der Waals surface area contributed by atoms with Gasteiger partial charge in [0.2, 0.25) is 0 Å². The Kier molecular flexibility index (Phi) is 5.00. The third-order valence-electron chi connectivity index (χ3n) is 3.60. The lowest BCUT2D eigenvalue weighted by atomic mass is 10.2. The normalized spacial score (nSPS) is 10.5. The van der Waals surface area contributed by atoms with Crippen molar-refractivity contribution in [3.8, 4) is 11.4 Å². The Hall–Kier alpha value is -2.86. The second-order valence-corrected chi connectivity index (χ2v) is 5.73. The third kappa shape index (κ3) is 3.64. The molecule has 0 saturated carbocycles. The maximum atomic E-state index is 12.6. The fourth-order valence-corrected chi connectivity index (χ4v) is 2.61. The molecule has 1 aromatic heterocycles. The zero-order chi connectivity index (χ0) is 17.8. The van der Waals surface area contributed by atoms with Crippen LogP contribution < -0.4 is 10.1 Å². The van der Waals surface area contributed by atoms with Gasteiger partial charge in [-0.3, -0.25) is 4.79 Å². The van der Waals surface area contributed by atoms with Crippen molar-refractivity contribution in [2.45, 2.75) is 13.8 Å². The number of amides is 1. The molecule has 7 heteroatoms. The monoisotopic (exact) mass is 356 g/mol. The van der Waals surface area contributed by atoms with Gasteiger partial charge in [-0.05, 0) is 44.2 Å². The van der Waals surface area contributed by atoms with Crippen molar-refractivity contribution in [2.75, 3.05) is 11.9 Å². The molecular weight excluding hydrogens is 340 g/mol. The molecule has 0 radical (unpaired) electrons. The van der Waals surface area contributed by atoms with Gasteiger partial charge in [-0.15, -0.1) is 5.10 Å². The first kappa shape index (κ1) is 17.0. The first-order valence-electron chi connectivity index (χ1n) is 7.81. The van der Waals surface area contributed by atoms with Gasteiger partial charge in [0.25, 0.3) is 5.91 Å². The summed E-state index contributed by atoms with van der Waals surface area (Å²) in [7, 11) is 0. The lowest BCUT2D eigenvalue weighted by Crippen LogP contribution is -2.15. The second-order valence-electron chi connectivity index (χ2n) is 5.30. The number of rotatable bonds is 5. The first-order valence-corrected chi connectivity index (χ1v) is 8.19. The Balaban J connectivity index is 1.87. The number of para-hydroxylation sites is 2. The maximum absolute atomic E-state index is 12.6. The van der Waals surface area contributed by atoms with Crippen LogP contribution in [0.15, 0.2) is 48.5 Å².